The number of nitrogens with zero attached hydrogens (tertiary/aromatic N) is 2. The van der Waals surface area contributed by atoms with Gasteiger partial charge in [-0.25, -0.2) is 14.6 Å². The number of hydrogen-bond donors (Lipinski definition) is 0. The molecule has 166 valence electrons. The maximum atomic E-state index is 13.4. The third-order valence-corrected chi connectivity index (χ3v) is 5.77. The Bertz CT molecular complexity index is 1200. The lowest BCUT2D eigenvalue weighted by molar-refractivity contribution is -0.121. The zero-order valence-electron chi connectivity index (χ0n) is 17.8. The van der Waals surface area contributed by atoms with E-state index in [1.54, 1.807) is 72.8 Å². The van der Waals surface area contributed by atoms with E-state index in [0.717, 1.165) is 9.80 Å². The number of ether oxygens (including phenoxy) is 2. The number of hydrogen-bond acceptors (Lipinski definition) is 5. The number of methoxy groups -OCH3 is 2. The Balaban J connectivity index is 1.89. The van der Waals surface area contributed by atoms with Gasteiger partial charge in [0.1, 0.15) is 5.57 Å². The first-order chi connectivity index (χ1) is 16.0. The van der Waals surface area contributed by atoms with Crippen molar-refractivity contribution >= 4 is 51.2 Å². The fraction of sp³-hybridized carbons (Fsp3) is 0.0800. The third kappa shape index (κ3) is 4.12. The number of carbonyl (C=O) groups excluding carboxylic acids is 3. The topological polar surface area (TPSA) is 76.2 Å². The number of carbonyl (C=O) groups is 3. The third-order valence-electron chi connectivity index (χ3n) is 5.08. The summed E-state index contributed by atoms with van der Waals surface area (Å²) < 4.78 is 11.2. The highest BCUT2D eigenvalue weighted by molar-refractivity contribution is 9.10. The van der Waals surface area contributed by atoms with Gasteiger partial charge < -0.3 is 9.47 Å². The lowest BCUT2D eigenvalue weighted by Gasteiger charge is -2.34. The van der Waals surface area contributed by atoms with Gasteiger partial charge in [0, 0.05) is 4.47 Å². The quantitative estimate of drug-likeness (QED) is 0.357. The van der Waals surface area contributed by atoms with Crippen molar-refractivity contribution in [2.45, 2.75) is 0 Å². The first kappa shape index (κ1) is 22.3. The van der Waals surface area contributed by atoms with Crippen LogP contribution in [0.4, 0.5) is 16.2 Å². The second-order valence-electron chi connectivity index (χ2n) is 7.02. The van der Waals surface area contributed by atoms with Crippen molar-refractivity contribution in [3.63, 3.8) is 0 Å². The number of urea groups is 1. The molecule has 0 radical (unpaired) electrons. The molecule has 0 bridgehead atoms. The fourth-order valence-corrected chi connectivity index (χ4v) is 3.91. The SMILES string of the molecule is COc1cc(Br)c(C=C2C(=O)N(c3ccccc3)C(=O)N(c3ccccc3)C2=O)cc1OC. The summed E-state index contributed by atoms with van der Waals surface area (Å²) in [7, 11) is 3.00. The van der Waals surface area contributed by atoms with Crippen LogP contribution in [-0.2, 0) is 9.59 Å². The molecule has 33 heavy (non-hydrogen) atoms. The number of imide groups is 2. The monoisotopic (exact) mass is 506 g/mol. The zero-order valence-corrected chi connectivity index (χ0v) is 19.4. The Morgan fingerprint density at radius 1 is 0.727 bits per heavy atom. The Labute approximate surface area is 199 Å². The molecule has 0 N–H and O–H groups in total. The summed E-state index contributed by atoms with van der Waals surface area (Å²) in [6.07, 6.45) is 1.44. The van der Waals surface area contributed by atoms with E-state index in [9.17, 15) is 14.4 Å². The van der Waals surface area contributed by atoms with Crippen molar-refractivity contribution in [3.05, 3.63) is 88.4 Å². The minimum Gasteiger partial charge on any atom is -0.493 e. The molecule has 0 saturated carbocycles. The van der Waals surface area contributed by atoms with Gasteiger partial charge in [-0.15, -0.1) is 0 Å². The van der Waals surface area contributed by atoms with E-state index >= 15 is 0 Å². The number of anilines is 2. The maximum absolute atomic E-state index is 13.4. The van der Waals surface area contributed by atoms with E-state index in [1.807, 2.05) is 0 Å². The van der Waals surface area contributed by atoms with Gasteiger partial charge in [0.15, 0.2) is 11.5 Å². The molecule has 4 rings (SSSR count). The molecule has 0 aliphatic carbocycles. The van der Waals surface area contributed by atoms with E-state index in [4.69, 9.17) is 9.47 Å². The fourth-order valence-electron chi connectivity index (χ4n) is 3.48. The van der Waals surface area contributed by atoms with Crippen molar-refractivity contribution < 1.29 is 23.9 Å². The van der Waals surface area contributed by atoms with Crippen molar-refractivity contribution in [1.82, 2.24) is 0 Å². The molecule has 1 aliphatic rings. The second kappa shape index (κ2) is 9.30. The van der Waals surface area contributed by atoms with Gasteiger partial charge in [-0.1, -0.05) is 52.3 Å². The Morgan fingerprint density at radius 3 is 1.64 bits per heavy atom. The lowest BCUT2D eigenvalue weighted by Crippen LogP contribution is -2.57. The standard InChI is InChI=1S/C25H19BrN2O5/c1-32-21-14-16(20(26)15-22(21)33-2)13-19-23(29)27(17-9-5-3-6-10-17)25(31)28(24(19)30)18-11-7-4-8-12-18/h3-15H,1-2H3. The van der Waals surface area contributed by atoms with Crippen molar-refractivity contribution in [2.75, 3.05) is 24.0 Å². The molecular weight excluding hydrogens is 488 g/mol. The normalized spacial score (nSPS) is 13.9. The number of barbiturate groups is 1. The van der Waals surface area contributed by atoms with Gasteiger partial charge >= 0.3 is 6.03 Å². The molecule has 1 saturated heterocycles. The Hall–Kier alpha value is -3.91. The average molecular weight is 507 g/mol. The van der Waals surface area contributed by atoms with E-state index in [2.05, 4.69) is 15.9 Å². The molecule has 8 heteroatoms. The molecule has 1 aliphatic heterocycles. The van der Waals surface area contributed by atoms with Crippen LogP contribution < -0.4 is 19.3 Å². The van der Waals surface area contributed by atoms with E-state index < -0.39 is 17.8 Å². The highest BCUT2D eigenvalue weighted by Crippen LogP contribution is 2.36. The van der Waals surface area contributed by atoms with Crippen LogP contribution in [0.2, 0.25) is 0 Å². The first-order valence-corrected chi connectivity index (χ1v) is 10.7. The predicted molar refractivity (Wildman–Crippen MR) is 128 cm³/mol. The summed E-state index contributed by atoms with van der Waals surface area (Å²) in [5, 5.41) is 0. The highest BCUT2D eigenvalue weighted by atomic mass is 79.9. The predicted octanol–water partition coefficient (Wildman–Crippen LogP) is 5.05. The summed E-state index contributed by atoms with van der Waals surface area (Å²) in [6, 6.07) is 19.5. The molecule has 1 heterocycles. The molecule has 0 aromatic heterocycles. The van der Waals surface area contributed by atoms with Crippen LogP contribution in [-0.4, -0.2) is 32.1 Å². The van der Waals surface area contributed by atoms with Gasteiger partial charge in [0.25, 0.3) is 11.8 Å². The molecule has 0 atom stereocenters. The van der Waals surface area contributed by atoms with Gasteiger partial charge in [0.05, 0.1) is 25.6 Å². The molecular formula is C25H19BrN2O5. The van der Waals surface area contributed by atoms with Crippen LogP contribution in [0.1, 0.15) is 5.56 Å². The molecule has 4 amide bonds. The van der Waals surface area contributed by atoms with E-state index in [1.165, 1.54) is 20.3 Å². The number of rotatable bonds is 5. The Kier molecular flexibility index (Phi) is 6.28. The highest BCUT2D eigenvalue weighted by Gasteiger charge is 2.43. The van der Waals surface area contributed by atoms with Crippen molar-refractivity contribution in [3.8, 4) is 11.5 Å². The average Bonchev–Trinajstić information content (AvgIpc) is 2.83. The van der Waals surface area contributed by atoms with E-state index in [-0.39, 0.29) is 5.57 Å². The summed E-state index contributed by atoms with van der Waals surface area (Å²) in [4.78, 5) is 42.2. The van der Waals surface area contributed by atoms with Crippen LogP contribution in [0.5, 0.6) is 11.5 Å². The number of amides is 4. The van der Waals surface area contributed by atoms with Gasteiger partial charge in [-0.05, 0) is 48.0 Å². The minimum absolute atomic E-state index is 0.171. The molecule has 7 nitrogen and oxygen atoms in total. The Morgan fingerprint density at radius 2 is 1.18 bits per heavy atom. The summed E-state index contributed by atoms with van der Waals surface area (Å²) in [5.74, 6) is -0.519. The summed E-state index contributed by atoms with van der Waals surface area (Å²) in [5.41, 5.74) is 1.06. The van der Waals surface area contributed by atoms with Crippen LogP contribution >= 0.6 is 15.9 Å². The molecule has 0 spiro atoms. The van der Waals surface area contributed by atoms with Gasteiger partial charge in [-0.2, -0.15) is 0 Å². The molecule has 3 aromatic carbocycles. The van der Waals surface area contributed by atoms with Crippen LogP contribution in [0.15, 0.2) is 82.8 Å². The number of benzene rings is 3. The van der Waals surface area contributed by atoms with Crippen LogP contribution in [0, 0.1) is 0 Å². The second-order valence-corrected chi connectivity index (χ2v) is 7.88. The number of para-hydroxylation sites is 2. The largest absolute Gasteiger partial charge is 0.493 e. The summed E-state index contributed by atoms with van der Waals surface area (Å²) in [6.45, 7) is 0. The van der Waals surface area contributed by atoms with E-state index in [0.29, 0.717) is 32.9 Å². The zero-order chi connectivity index (χ0) is 23.5. The summed E-state index contributed by atoms with van der Waals surface area (Å²) >= 11 is 3.45. The van der Waals surface area contributed by atoms with Crippen molar-refractivity contribution in [1.29, 1.82) is 0 Å². The smallest absolute Gasteiger partial charge is 0.343 e. The van der Waals surface area contributed by atoms with Crippen LogP contribution in [0.3, 0.4) is 0 Å². The van der Waals surface area contributed by atoms with Crippen LogP contribution in [0.25, 0.3) is 6.08 Å². The lowest BCUT2D eigenvalue weighted by atomic mass is 10.0. The number of halogens is 1. The van der Waals surface area contributed by atoms with Gasteiger partial charge in [-0.3, -0.25) is 9.59 Å². The molecule has 3 aromatic rings. The molecule has 0 unspecified atom stereocenters. The maximum Gasteiger partial charge on any atom is 0.343 e. The minimum atomic E-state index is -0.745. The van der Waals surface area contributed by atoms with Gasteiger partial charge in [0.2, 0.25) is 0 Å². The van der Waals surface area contributed by atoms with Crippen molar-refractivity contribution in [2.24, 2.45) is 0 Å². The first-order valence-electron chi connectivity index (χ1n) is 9.92. The molecule has 1 fully saturated rings.